The van der Waals surface area contributed by atoms with Crippen LogP contribution in [-0.4, -0.2) is 25.1 Å². The Morgan fingerprint density at radius 3 is 2.42 bits per heavy atom. The number of hydrogen-bond donors (Lipinski definition) is 1. The van der Waals surface area contributed by atoms with Gasteiger partial charge < -0.3 is 0 Å². The molecule has 0 aliphatic carbocycles. The molecule has 3 nitrogen and oxygen atoms in total. The lowest BCUT2D eigenvalue weighted by molar-refractivity contribution is 0.568. The smallest absolute Gasteiger partial charge is 0.211 e. The molecule has 0 saturated carbocycles. The summed E-state index contributed by atoms with van der Waals surface area (Å²) in [5.41, 5.74) is 0. The maximum atomic E-state index is 11.2. The number of halogens is 1. The maximum absolute atomic E-state index is 11.2. The van der Waals surface area contributed by atoms with E-state index in [1.165, 1.54) is 0 Å². The van der Waals surface area contributed by atoms with Crippen molar-refractivity contribution in [2.45, 2.75) is 20.3 Å². The highest BCUT2D eigenvalue weighted by Crippen LogP contribution is 1.97. The molecule has 0 aromatic carbocycles. The Morgan fingerprint density at radius 2 is 2.00 bits per heavy atom. The van der Waals surface area contributed by atoms with Crippen LogP contribution in [0, 0.1) is 5.92 Å². The van der Waals surface area contributed by atoms with Gasteiger partial charge in [0, 0.05) is 11.0 Å². The summed E-state index contributed by atoms with van der Waals surface area (Å²) < 4.78 is 26.0. The zero-order chi connectivity index (χ0) is 9.61. The van der Waals surface area contributed by atoms with Crippen LogP contribution < -0.4 is 4.72 Å². The zero-order valence-electron chi connectivity index (χ0n) is 7.51. The molecule has 0 fully saturated rings. The fraction of sp³-hybridized carbons (Fsp3) is 1.00. The predicted octanol–water partition coefficient (Wildman–Crippen LogP) is 1.39. The summed E-state index contributed by atoms with van der Waals surface area (Å²) in [6.45, 7) is 4.37. The number of nitrogens with one attached hydrogen (secondary N) is 1. The van der Waals surface area contributed by atoms with E-state index in [2.05, 4.69) is 27.3 Å². The van der Waals surface area contributed by atoms with Crippen molar-refractivity contribution < 1.29 is 8.42 Å². The Hall–Kier alpha value is 0.640. The van der Waals surface area contributed by atoms with Crippen molar-refractivity contribution in [2.24, 2.45) is 5.92 Å². The maximum Gasteiger partial charge on any atom is 0.211 e. The summed E-state index contributed by atoms with van der Waals surface area (Å²) in [7, 11) is -3.01. The van der Waals surface area contributed by atoms with Crippen molar-refractivity contribution in [1.82, 2.24) is 4.72 Å². The van der Waals surface area contributed by atoms with Gasteiger partial charge in [-0.25, -0.2) is 13.1 Å². The van der Waals surface area contributed by atoms with E-state index in [9.17, 15) is 8.42 Å². The molecule has 0 amide bonds. The van der Waals surface area contributed by atoms with Crippen LogP contribution in [0.4, 0.5) is 0 Å². The molecular weight excluding hydrogens is 289 g/mol. The van der Waals surface area contributed by atoms with Crippen molar-refractivity contribution in [3.8, 4) is 0 Å². The van der Waals surface area contributed by atoms with Gasteiger partial charge in [0.1, 0.15) is 0 Å². The summed E-state index contributed by atoms with van der Waals surface area (Å²) in [6.07, 6.45) is 0.901. The molecule has 0 atom stereocenters. The van der Waals surface area contributed by atoms with Gasteiger partial charge in [-0.1, -0.05) is 36.4 Å². The van der Waals surface area contributed by atoms with Gasteiger partial charge in [0.25, 0.3) is 0 Å². The molecule has 0 spiro atoms. The second-order valence-electron chi connectivity index (χ2n) is 3.11. The second kappa shape index (κ2) is 6.15. The van der Waals surface area contributed by atoms with Crippen molar-refractivity contribution in [1.29, 1.82) is 0 Å². The van der Waals surface area contributed by atoms with Crippen molar-refractivity contribution >= 4 is 32.6 Å². The first-order chi connectivity index (χ1) is 5.48. The molecule has 5 heteroatoms. The Kier molecular flexibility index (Phi) is 6.48. The molecule has 0 aromatic heterocycles. The lowest BCUT2D eigenvalue weighted by Gasteiger charge is -2.07. The minimum Gasteiger partial charge on any atom is -0.215 e. The summed E-state index contributed by atoms with van der Waals surface area (Å²) in [4.78, 5) is 0. The minimum absolute atomic E-state index is 0.196. The first-order valence-electron chi connectivity index (χ1n) is 4.01. The molecule has 12 heavy (non-hydrogen) atoms. The van der Waals surface area contributed by atoms with Gasteiger partial charge in [0.05, 0.1) is 5.75 Å². The molecule has 0 aliphatic heterocycles. The van der Waals surface area contributed by atoms with Gasteiger partial charge in [-0.3, -0.25) is 0 Å². The highest BCUT2D eigenvalue weighted by atomic mass is 127. The monoisotopic (exact) mass is 305 g/mol. The molecule has 0 aliphatic rings. The SMILES string of the molecule is CC(C)CS(=O)(=O)NCCCI. The van der Waals surface area contributed by atoms with E-state index >= 15 is 0 Å². The molecule has 0 unspecified atom stereocenters. The molecule has 0 bridgehead atoms. The molecule has 74 valence electrons. The standard InChI is InChI=1S/C7H16INO2S/c1-7(2)6-12(10,11)9-5-3-4-8/h7,9H,3-6H2,1-2H3. The quantitative estimate of drug-likeness (QED) is 0.458. The highest BCUT2D eigenvalue weighted by Gasteiger charge is 2.10. The van der Waals surface area contributed by atoms with Crippen molar-refractivity contribution in [2.75, 3.05) is 16.7 Å². The number of rotatable bonds is 6. The van der Waals surface area contributed by atoms with Crippen LogP contribution in [0.5, 0.6) is 0 Å². The zero-order valence-corrected chi connectivity index (χ0v) is 10.5. The summed E-state index contributed by atoms with van der Waals surface area (Å²) in [5.74, 6) is 0.427. The molecule has 0 aromatic rings. The lowest BCUT2D eigenvalue weighted by atomic mass is 10.3. The van der Waals surface area contributed by atoms with Crippen LogP contribution >= 0.6 is 22.6 Å². The van der Waals surface area contributed by atoms with Crippen LogP contribution in [0.25, 0.3) is 0 Å². The fourth-order valence-corrected chi connectivity index (χ4v) is 2.62. The van der Waals surface area contributed by atoms with E-state index in [0.29, 0.717) is 6.54 Å². The summed E-state index contributed by atoms with van der Waals surface area (Å²) >= 11 is 2.23. The van der Waals surface area contributed by atoms with E-state index in [1.807, 2.05) is 13.8 Å². The van der Waals surface area contributed by atoms with E-state index in [-0.39, 0.29) is 11.7 Å². The van der Waals surface area contributed by atoms with Gasteiger partial charge in [-0.15, -0.1) is 0 Å². The third-order valence-electron chi connectivity index (χ3n) is 1.19. The van der Waals surface area contributed by atoms with E-state index in [1.54, 1.807) is 0 Å². The lowest BCUT2D eigenvalue weighted by Crippen LogP contribution is -2.29. The first kappa shape index (κ1) is 12.6. The predicted molar refractivity (Wildman–Crippen MR) is 60.1 cm³/mol. The number of sulfonamides is 1. The Morgan fingerprint density at radius 1 is 1.42 bits per heavy atom. The molecule has 0 heterocycles. The normalized spacial score (nSPS) is 12.3. The minimum atomic E-state index is -3.01. The molecule has 0 rings (SSSR count). The molecule has 0 saturated heterocycles. The second-order valence-corrected chi connectivity index (χ2v) is 6.04. The van der Waals surface area contributed by atoms with Crippen LogP contribution in [-0.2, 0) is 10.0 Å². The average molecular weight is 305 g/mol. The summed E-state index contributed by atoms with van der Waals surface area (Å²) in [5, 5.41) is 0. The Labute approximate surface area is 88.5 Å². The fourth-order valence-electron chi connectivity index (χ4n) is 0.792. The highest BCUT2D eigenvalue weighted by molar-refractivity contribution is 14.1. The largest absolute Gasteiger partial charge is 0.215 e. The average Bonchev–Trinajstić information content (AvgIpc) is 1.84. The third kappa shape index (κ3) is 7.30. The summed E-state index contributed by atoms with van der Waals surface area (Å²) in [6, 6.07) is 0. The van der Waals surface area contributed by atoms with Crippen molar-refractivity contribution in [3.63, 3.8) is 0 Å². The topological polar surface area (TPSA) is 46.2 Å². The number of hydrogen-bond acceptors (Lipinski definition) is 2. The Bertz CT molecular complexity index is 201. The number of alkyl halides is 1. The van der Waals surface area contributed by atoms with E-state index in [4.69, 9.17) is 0 Å². The Balaban J connectivity index is 3.73. The van der Waals surface area contributed by atoms with Gasteiger partial charge in [-0.2, -0.15) is 0 Å². The van der Waals surface area contributed by atoms with Crippen LogP contribution in [0.15, 0.2) is 0 Å². The van der Waals surface area contributed by atoms with Crippen LogP contribution in [0.1, 0.15) is 20.3 Å². The van der Waals surface area contributed by atoms with Gasteiger partial charge in [-0.05, 0) is 12.3 Å². The van der Waals surface area contributed by atoms with Crippen LogP contribution in [0.3, 0.4) is 0 Å². The first-order valence-corrected chi connectivity index (χ1v) is 7.19. The molecule has 1 N–H and O–H groups in total. The van der Waals surface area contributed by atoms with Crippen LogP contribution in [0.2, 0.25) is 0 Å². The molecular formula is C7H16INO2S. The van der Waals surface area contributed by atoms with Gasteiger partial charge >= 0.3 is 0 Å². The van der Waals surface area contributed by atoms with Crippen molar-refractivity contribution in [3.05, 3.63) is 0 Å². The van der Waals surface area contributed by atoms with E-state index in [0.717, 1.165) is 10.8 Å². The molecule has 0 radical (unpaired) electrons. The van der Waals surface area contributed by atoms with Gasteiger partial charge in [0.15, 0.2) is 0 Å². The van der Waals surface area contributed by atoms with Gasteiger partial charge in [0.2, 0.25) is 10.0 Å². The third-order valence-corrected chi connectivity index (χ3v) is 3.70. The van der Waals surface area contributed by atoms with E-state index < -0.39 is 10.0 Å².